The van der Waals surface area contributed by atoms with Crippen LogP contribution >= 0.6 is 0 Å². The van der Waals surface area contributed by atoms with E-state index in [0.717, 1.165) is 22.7 Å². The number of nitrogens with one attached hydrogen (secondary N) is 1. The molecule has 0 aliphatic rings. The summed E-state index contributed by atoms with van der Waals surface area (Å²) in [6, 6.07) is 13.2. The first-order chi connectivity index (χ1) is 12.0. The zero-order valence-electron chi connectivity index (χ0n) is 14.7. The van der Waals surface area contributed by atoms with Gasteiger partial charge in [-0.3, -0.25) is 4.79 Å². The third-order valence-corrected chi connectivity index (χ3v) is 4.19. The lowest BCUT2D eigenvalue weighted by molar-refractivity contribution is 0.102. The standard InChI is InChI=1S/C19H20N4O2/c1-12-5-6-15(11-13(12)2)20-19(24)18-14(3)23(22-21-18)16-7-9-17(25-4)10-8-16/h5-11H,1-4H3,(H,20,24). The molecule has 0 saturated heterocycles. The van der Waals surface area contributed by atoms with Crippen LogP contribution in [0.3, 0.4) is 0 Å². The number of anilines is 1. The van der Waals surface area contributed by atoms with E-state index in [1.54, 1.807) is 11.8 Å². The van der Waals surface area contributed by atoms with Crippen molar-refractivity contribution < 1.29 is 9.53 Å². The Bertz CT molecular complexity index is 914. The highest BCUT2D eigenvalue weighted by Gasteiger charge is 2.17. The van der Waals surface area contributed by atoms with E-state index in [0.29, 0.717) is 11.4 Å². The quantitative estimate of drug-likeness (QED) is 0.792. The number of nitrogens with zero attached hydrogens (tertiary/aromatic N) is 3. The predicted molar refractivity (Wildman–Crippen MR) is 96.5 cm³/mol. The SMILES string of the molecule is COc1ccc(-n2nnc(C(=O)Nc3ccc(C)c(C)c3)c2C)cc1. The van der Waals surface area contributed by atoms with Crippen LogP contribution < -0.4 is 10.1 Å². The number of aromatic nitrogens is 3. The van der Waals surface area contributed by atoms with Crippen molar-refractivity contribution in [3.05, 3.63) is 65.0 Å². The van der Waals surface area contributed by atoms with Crippen molar-refractivity contribution >= 4 is 11.6 Å². The Morgan fingerprint density at radius 2 is 1.76 bits per heavy atom. The van der Waals surface area contributed by atoms with E-state index >= 15 is 0 Å². The van der Waals surface area contributed by atoms with Crippen molar-refractivity contribution in [2.45, 2.75) is 20.8 Å². The molecule has 0 aliphatic carbocycles. The lowest BCUT2D eigenvalue weighted by Crippen LogP contribution is -2.14. The summed E-state index contributed by atoms with van der Waals surface area (Å²) < 4.78 is 6.79. The van der Waals surface area contributed by atoms with Gasteiger partial charge < -0.3 is 10.1 Å². The van der Waals surface area contributed by atoms with Gasteiger partial charge >= 0.3 is 0 Å². The van der Waals surface area contributed by atoms with Gasteiger partial charge in [-0.25, -0.2) is 4.68 Å². The van der Waals surface area contributed by atoms with Gasteiger partial charge in [0, 0.05) is 5.69 Å². The molecule has 0 saturated carbocycles. The molecule has 0 atom stereocenters. The molecule has 0 fully saturated rings. The fourth-order valence-electron chi connectivity index (χ4n) is 2.52. The van der Waals surface area contributed by atoms with Crippen molar-refractivity contribution in [1.29, 1.82) is 0 Å². The van der Waals surface area contributed by atoms with Gasteiger partial charge in [0.25, 0.3) is 5.91 Å². The summed E-state index contributed by atoms with van der Waals surface area (Å²) in [6.07, 6.45) is 0. The summed E-state index contributed by atoms with van der Waals surface area (Å²) in [5.41, 5.74) is 4.83. The maximum absolute atomic E-state index is 12.5. The maximum Gasteiger partial charge on any atom is 0.278 e. The second kappa shape index (κ2) is 6.76. The van der Waals surface area contributed by atoms with Gasteiger partial charge in [-0.15, -0.1) is 5.10 Å². The van der Waals surface area contributed by atoms with Crippen molar-refractivity contribution in [3.63, 3.8) is 0 Å². The summed E-state index contributed by atoms with van der Waals surface area (Å²) in [6.45, 7) is 5.86. The number of methoxy groups -OCH3 is 1. The van der Waals surface area contributed by atoms with E-state index in [-0.39, 0.29) is 5.91 Å². The largest absolute Gasteiger partial charge is 0.497 e. The van der Waals surface area contributed by atoms with Gasteiger partial charge in [0.15, 0.2) is 5.69 Å². The second-order valence-electron chi connectivity index (χ2n) is 5.89. The Labute approximate surface area is 146 Å². The van der Waals surface area contributed by atoms with E-state index in [9.17, 15) is 4.79 Å². The van der Waals surface area contributed by atoms with E-state index in [2.05, 4.69) is 15.6 Å². The van der Waals surface area contributed by atoms with E-state index in [1.165, 1.54) is 5.56 Å². The molecule has 6 nitrogen and oxygen atoms in total. The zero-order valence-corrected chi connectivity index (χ0v) is 14.7. The first kappa shape index (κ1) is 16.7. The number of aryl methyl sites for hydroxylation is 2. The Kier molecular flexibility index (Phi) is 4.52. The minimum Gasteiger partial charge on any atom is -0.497 e. The Morgan fingerprint density at radius 1 is 1.04 bits per heavy atom. The van der Waals surface area contributed by atoms with Crippen LogP contribution in [0.1, 0.15) is 27.3 Å². The molecule has 1 aromatic heterocycles. The topological polar surface area (TPSA) is 69.0 Å². The monoisotopic (exact) mass is 336 g/mol. The highest BCUT2D eigenvalue weighted by atomic mass is 16.5. The van der Waals surface area contributed by atoms with Gasteiger partial charge in [0.2, 0.25) is 0 Å². The zero-order chi connectivity index (χ0) is 18.0. The number of ether oxygens (including phenoxy) is 1. The molecule has 3 rings (SSSR count). The fraction of sp³-hybridized carbons (Fsp3) is 0.211. The number of benzene rings is 2. The Hall–Kier alpha value is -3.15. The molecule has 128 valence electrons. The molecule has 0 aliphatic heterocycles. The summed E-state index contributed by atoms with van der Waals surface area (Å²) in [7, 11) is 1.62. The fourth-order valence-corrected chi connectivity index (χ4v) is 2.52. The van der Waals surface area contributed by atoms with Gasteiger partial charge in [-0.1, -0.05) is 11.3 Å². The highest BCUT2D eigenvalue weighted by molar-refractivity contribution is 6.03. The predicted octanol–water partition coefficient (Wildman–Crippen LogP) is 3.45. The average molecular weight is 336 g/mol. The molecule has 3 aromatic rings. The van der Waals surface area contributed by atoms with Crippen LogP contribution in [0.25, 0.3) is 5.69 Å². The van der Waals surface area contributed by atoms with Crippen molar-refractivity contribution in [2.24, 2.45) is 0 Å². The Morgan fingerprint density at radius 3 is 2.40 bits per heavy atom. The number of carbonyl (C=O) groups is 1. The number of hydrogen-bond acceptors (Lipinski definition) is 4. The Balaban J connectivity index is 1.84. The molecule has 1 amide bonds. The number of rotatable bonds is 4. The molecule has 0 radical (unpaired) electrons. The van der Waals surface area contributed by atoms with E-state index in [1.807, 2.05) is 63.2 Å². The van der Waals surface area contributed by atoms with Gasteiger partial charge in [0.1, 0.15) is 5.75 Å². The molecule has 1 heterocycles. The van der Waals surface area contributed by atoms with Crippen molar-refractivity contribution in [3.8, 4) is 11.4 Å². The lowest BCUT2D eigenvalue weighted by atomic mass is 10.1. The minimum absolute atomic E-state index is 0.277. The number of amides is 1. The highest BCUT2D eigenvalue weighted by Crippen LogP contribution is 2.18. The van der Waals surface area contributed by atoms with Crippen LogP contribution in [0, 0.1) is 20.8 Å². The van der Waals surface area contributed by atoms with Gasteiger partial charge in [0.05, 0.1) is 18.5 Å². The molecule has 0 bridgehead atoms. The molecule has 25 heavy (non-hydrogen) atoms. The van der Waals surface area contributed by atoms with E-state index in [4.69, 9.17) is 4.74 Å². The summed E-state index contributed by atoms with van der Waals surface area (Å²) in [4.78, 5) is 12.5. The molecule has 0 spiro atoms. The van der Waals surface area contributed by atoms with Crippen LogP contribution in [-0.4, -0.2) is 28.0 Å². The normalized spacial score (nSPS) is 10.6. The van der Waals surface area contributed by atoms with Crippen LogP contribution in [0.2, 0.25) is 0 Å². The van der Waals surface area contributed by atoms with Gasteiger partial charge in [-0.05, 0) is 68.3 Å². The van der Waals surface area contributed by atoms with Crippen LogP contribution in [-0.2, 0) is 0 Å². The third-order valence-electron chi connectivity index (χ3n) is 4.19. The summed E-state index contributed by atoms with van der Waals surface area (Å²) in [5, 5.41) is 11.0. The lowest BCUT2D eigenvalue weighted by Gasteiger charge is -2.07. The maximum atomic E-state index is 12.5. The second-order valence-corrected chi connectivity index (χ2v) is 5.89. The third kappa shape index (κ3) is 3.38. The molecule has 0 unspecified atom stereocenters. The molecular weight excluding hydrogens is 316 g/mol. The molecule has 2 aromatic carbocycles. The molecular formula is C19H20N4O2. The molecule has 6 heteroatoms. The van der Waals surface area contributed by atoms with Crippen LogP contribution in [0.5, 0.6) is 5.75 Å². The van der Waals surface area contributed by atoms with Crippen molar-refractivity contribution in [2.75, 3.05) is 12.4 Å². The number of hydrogen-bond donors (Lipinski definition) is 1. The number of carbonyl (C=O) groups excluding carboxylic acids is 1. The summed E-state index contributed by atoms with van der Waals surface area (Å²) >= 11 is 0. The van der Waals surface area contributed by atoms with Gasteiger partial charge in [-0.2, -0.15) is 0 Å². The van der Waals surface area contributed by atoms with Crippen molar-refractivity contribution in [1.82, 2.24) is 15.0 Å². The van der Waals surface area contributed by atoms with Crippen LogP contribution in [0.4, 0.5) is 5.69 Å². The average Bonchev–Trinajstić information content (AvgIpc) is 3.00. The smallest absolute Gasteiger partial charge is 0.278 e. The summed E-state index contributed by atoms with van der Waals surface area (Å²) in [5.74, 6) is 0.481. The molecule has 1 N–H and O–H groups in total. The minimum atomic E-state index is -0.277. The first-order valence-electron chi connectivity index (χ1n) is 7.95. The first-order valence-corrected chi connectivity index (χ1v) is 7.95. The van der Waals surface area contributed by atoms with E-state index < -0.39 is 0 Å². The van der Waals surface area contributed by atoms with Crippen LogP contribution in [0.15, 0.2) is 42.5 Å².